The Morgan fingerprint density at radius 3 is 2.64 bits per heavy atom. The smallest absolute Gasteiger partial charge is 0.257 e. The molecule has 0 unspecified atom stereocenters. The fraction of sp³-hybridized carbons (Fsp3) is 0.312. The fourth-order valence-corrected chi connectivity index (χ4v) is 2.78. The number of benzene rings is 1. The van der Waals surface area contributed by atoms with Crippen molar-refractivity contribution in [2.45, 2.75) is 0 Å². The van der Waals surface area contributed by atoms with Crippen LogP contribution in [0, 0.1) is 5.82 Å². The number of amides is 1. The number of carbonyl (C=O) groups excluding carboxylic acids is 1. The molecule has 1 aliphatic rings. The third-order valence-corrected chi connectivity index (χ3v) is 4.03. The van der Waals surface area contributed by atoms with Crippen LogP contribution in [0.4, 0.5) is 16.2 Å². The number of nitrogens with one attached hydrogen (secondary N) is 1. The number of aromatic amines is 1. The Morgan fingerprint density at radius 2 is 2.00 bits per heavy atom. The molecule has 1 aromatic heterocycles. The zero-order valence-electron chi connectivity index (χ0n) is 13.7. The zero-order chi connectivity index (χ0) is 18.0. The molecule has 0 atom stereocenters. The van der Waals surface area contributed by atoms with E-state index < -0.39 is 5.82 Å². The second-order valence-corrected chi connectivity index (χ2v) is 5.61. The highest BCUT2D eigenvalue weighted by molar-refractivity contribution is 5.97. The number of H-pyrrole nitrogens is 1. The van der Waals surface area contributed by atoms with Gasteiger partial charge in [0, 0.05) is 32.2 Å². The molecule has 2 heterocycles. The number of nitrogens with zero attached hydrogens (tertiary/aromatic N) is 3. The Kier molecular flexibility index (Phi) is 4.55. The van der Waals surface area contributed by atoms with E-state index in [2.05, 4.69) is 9.97 Å². The Bertz CT molecular complexity index is 846. The maximum absolute atomic E-state index is 13.5. The summed E-state index contributed by atoms with van der Waals surface area (Å²) in [6.07, 6.45) is 0. The van der Waals surface area contributed by atoms with Crippen LogP contribution in [-0.4, -0.2) is 54.1 Å². The average Bonchev–Trinajstić information content (AvgIpc) is 2.60. The standard InChI is InChI=1S/C16H18FN5O3/c1-25-12-3-2-10(17)8-11(12)15(24)22-6-4-21(5-7-22)13-9-14(23)20-16(18)19-13/h2-3,8-9H,4-7H2,1H3,(H3,18,19,20,23). The largest absolute Gasteiger partial charge is 0.496 e. The van der Waals surface area contributed by atoms with Crippen molar-refractivity contribution in [3.05, 3.63) is 46.0 Å². The summed E-state index contributed by atoms with van der Waals surface area (Å²) >= 11 is 0. The zero-order valence-corrected chi connectivity index (χ0v) is 13.7. The minimum Gasteiger partial charge on any atom is -0.496 e. The van der Waals surface area contributed by atoms with E-state index in [0.717, 1.165) is 0 Å². The number of rotatable bonds is 3. The number of nitrogens with two attached hydrogens (primary N) is 1. The minimum atomic E-state index is -0.494. The summed E-state index contributed by atoms with van der Waals surface area (Å²) in [5.74, 6) is 0.0559. The lowest BCUT2D eigenvalue weighted by Crippen LogP contribution is -2.49. The van der Waals surface area contributed by atoms with E-state index in [0.29, 0.717) is 37.7 Å². The Labute approximate surface area is 143 Å². The van der Waals surface area contributed by atoms with E-state index in [1.54, 1.807) is 4.90 Å². The first-order chi connectivity index (χ1) is 12.0. The molecular formula is C16H18FN5O3. The maximum Gasteiger partial charge on any atom is 0.257 e. The van der Waals surface area contributed by atoms with E-state index in [4.69, 9.17) is 10.5 Å². The third-order valence-electron chi connectivity index (χ3n) is 4.03. The molecule has 8 nitrogen and oxygen atoms in total. The number of carbonyl (C=O) groups is 1. The number of aromatic nitrogens is 2. The van der Waals surface area contributed by atoms with Gasteiger partial charge in [0.2, 0.25) is 5.95 Å². The monoisotopic (exact) mass is 347 g/mol. The first-order valence-corrected chi connectivity index (χ1v) is 7.72. The molecule has 3 N–H and O–H groups in total. The highest BCUT2D eigenvalue weighted by Crippen LogP contribution is 2.22. The predicted octanol–water partition coefficient (Wildman–Crippen LogP) is 0.462. The fourth-order valence-electron chi connectivity index (χ4n) is 2.78. The summed E-state index contributed by atoms with van der Waals surface area (Å²) in [6.45, 7) is 1.79. The third kappa shape index (κ3) is 3.54. The number of hydrogen-bond acceptors (Lipinski definition) is 6. The highest BCUT2D eigenvalue weighted by atomic mass is 19.1. The molecule has 3 rings (SSSR count). The Hall–Kier alpha value is -3.10. The second kappa shape index (κ2) is 6.80. The quantitative estimate of drug-likeness (QED) is 0.836. The van der Waals surface area contributed by atoms with Gasteiger partial charge in [-0.15, -0.1) is 0 Å². The van der Waals surface area contributed by atoms with Gasteiger partial charge in [0.1, 0.15) is 17.4 Å². The number of halogens is 1. The van der Waals surface area contributed by atoms with Crippen molar-refractivity contribution in [2.24, 2.45) is 0 Å². The molecule has 1 saturated heterocycles. The molecule has 2 aromatic rings. The topological polar surface area (TPSA) is 105 Å². The van der Waals surface area contributed by atoms with E-state index in [1.807, 2.05) is 4.90 Å². The highest BCUT2D eigenvalue weighted by Gasteiger charge is 2.25. The lowest BCUT2D eigenvalue weighted by molar-refractivity contribution is 0.0742. The van der Waals surface area contributed by atoms with Crippen molar-refractivity contribution in [3.63, 3.8) is 0 Å². The molecule has 0 bridgehead atoms. The van der Waals surface area contributed by atoms with E-state index in [1.165, 1.54) is 31.4 Å². The molecule has 0 saturated carbocycles. The van der Waals surface area contributed by atoms with Crippen LogP contribution in [0.25, 0.3) is 0 Å². The SMILES string of the molecule is COc1ccc(F)cc1C(=O)N1CCN(c2cc(=O)[nH]c(N)n2)CC1. The van der Waals surface area contributed by atoms with Crippen LogP contribution in [-0.2, 0) is 0 Å². The molecule has 9 heteroatoms. The van der Waals surface area contributed by atoms with E-state index >= 15 is 0 Å². The lowest BCUT2D eigenvalue weighted by atomic mass is 10.1. The van der Waals surface area contributed by atoms with Crippen LogP contribution in [0.15, 0.2) is 29.1 Å². The molecule has 0 aliphatic carbocycles. The normalized spacial score (nSPS) is 14.5. The summed E-state index contributed by atoms with van der Waals surface area (Å²) in [5, 5.41) is 0. The van der Waals surface area contributed by atoms with Crippen LogP contribution < -0.4 is 20.9 Å². The molecule has 25 heavy (non-hydrogen) atoms. The summed E-state index contributed by atoms with van der Waals surface area (Å²) in [4.78, 5) is 34.1. The molecule has 1 fully saturated rings. The van der Waals surface area contributed by atoms with Crippen molar-refractivity contribution < 1.29 is 13.9 Å². The summed E-state index contributed by atoms with van der Waals surface area (Å²) < 4.78 is 18.6. The number of nitrogen functional groups attached to an aromatic ring is 1. The molecule has 132 valence electrons. The molecular weight excluding hydrogens is 329 g/mol. The van der Waals surface area contributed by atoms with E-state index in [-0.39, 0.29) is 23.0 Å². The summed E-state index contributed by atoms with van der Waals surface area (Å²) in [5.41, 5.74) is 5.42. The van der Waals surface area contributed by atoms with Crippen LogP contribution in [0.1, 0.15) is 10.4 Å². The van der Waals surface area contributed by atoms with Gasteiger partial charge >= 0.3 is 0 Å². The molecule has 0 spiro atoms. The number of anilines is 2. The van der Waals surface area contributed by atoms with Crippen LogP contribution >= 0.6 is 0 Å². The molecule has 1 aromatic carbocycles. The van der Waals surface area contributed by atoms with Gasteiger partial charge in [0.05, 0.1) is 12.7 Å². The lowest BCUT2D eigenvalue weighted by Gasteiger charge is -2.35. The molecule has 1 amide bonds. The number of hydrogen-bond donors (Lipinski definition) is 2. The van der Waals surface area contributed by atoms with Gasteiger partial charge in [-0.1, -0.05) is 0 Å². The average molecular weight is 347 g/mol. The van der Waals surface area contributed by atoms with Gasteiger partial charge in [0.15, 0.2) is 0 Å². The van der Waals surface area contributed by atoms with Crippen molar-refractivity contribution in [2.75, 3.05) is 43.9 Å². The maximum atomic E-state index is 13.5. The summed E-state index contributed by atoms with van der Waals surface area (Å²) in [7, 11) is 1.44. The van der Waals surface area contributed by atoms with Crippen molar-refractivity contribution in [3.8, 4) is 5.75 Å². The molecule has 0 radical (unpaired) electrons. The number of piperazine rings is 1. The van der Waals surface area contributed by atoms with Gasteiger partial charge in [-0.25, -0.2) is 4.39 Å². The van der Waals surface area contributed by atoms with Crippen molar-refractivity contribution in [1.29, 1.82) is 0 Å². The van der Waals surface area contributed by atoms with Crippen LogP contribution in [0.3, 0.4) is 0 Å². The van der Waals surface area contributed by atoms with Gasteiger partial charge in [-0.3, -0.25) is 14.6 Å². The Morgan fingerprint density at radius 1 is 1.28 bits per heavy atom. The first kappa shape index (κ1) is 16.7. The minimum absolute atomic E-state index is 0.0468. The number of ether oxygens (including phenoxy) is 1. The van der Waals surface area contributed by atoms with Crippen molar-refractivity contribution in [1.82, 2.24) is 14.9 Å². The van der Waals surface area contributed by atoms with Gasteiger partial charge < -0.3 is 20.3 Å². The Balaban J connectivity index is 1.73. The molecule has 1 aliphatic heterocycles. The van der Waals surface area contributed by atoms with E-state index in [9.17, 15) is 14.0 Å². The van der Waals surface area contributed by atoms with Crippen LogP contribution in [0.2, 0.25) is 0 Å². The van der Waals surface area contributed by atoms with Gasteiger partial charge in [-0.05, 0) is 18.2 Å². The first-order valence-electron chi connectivity index (χ1n) is 7.72. The second-order valence-electron chi connectivity index (χ2n) is 5.61. The number of methoxy groups -OCH3 is 1. The summed E-state index contributed by atoms with van der Waals surface area (Å²) in [6, 6.07) is 5.22. The van der Waals surface area contributed by atoms with Gasteiger partial charge in [-0.2, -0.15) is 4.98 Å². The van der Waals surface area contributed by atoms with Crippen molar-refractivity contribution >= 4 is 17.7 Å². The predicted molar refractivity (Wildman–Crippen MR) is 90.3 cm³/mol. The van der Waals surface area contributed by atoms with Gasteiger partial charge in [0.25, 0.3) is 11.5 Å². The van der Waals surface area contributed by atoms with Crippen LogP contribution in [0.5, 0.6) is 5.75 Å².